The standard InChI is InChI=1S/C65H42N2S/c1-4-20-43(21-5-1)47-28-18-29-48(44-22-6-2-7-23-44)64(47)67-58-35-15-11-27-50(58)53-42-46(38-40-60(53)67)66(45-24-8-3-9-25-45)59-41-39-51-49-26-10-12-31-54(49)65(57-34-19-30-52(59)63(51)57)55-32-13-16-36-61(55)68-62-37-17-14-33-56(62)65/h1-42H. The summed E-state index contributed by atoms with van der Waals surface area (Å²) in [5, 5.41) is 4.93. The number of rotatable bonds is 6. The number of hydrogen-bond donors (Lipinski definition) is 0. The van der Waals surface area contributed by atoms with E-state index in [-0.39, 0.29) is 0 Å². The van der Waals surface area contributed by atoms with Crippen LogP contribution in [0, 0.1) is 0 Å². The maximum Gasteiger partial charge on any atom is 0.0735 e. The molecule has 12 aromatic rings. The van der Waals surface area contributed by atoms with Crippen LogP contribution in [0.5, 0.6) is 0 Å². The monoisotopic (exact) mass is 882 g/mol. The van der Waals surface area contributed by atoms with Gasteiger partial charge in [0.15, 0.2) is 0 Å². The van der Waals surface area contributed by atoms with Crippen LogP contribution in [-0.2, 0) is 5.41 Å². The largest absolute Gasteiger partial charge is 0.310 e. The molecule has 0 amide bonds. The molecule has 68 heavy (non-hydrogen) atoms. The van der Waals surface area contributed by atoms with Crippen molar-refractivity contribution in [3.05, 3.63) is 277 Å². The topological polar surface area (TPSA) is 8.17 Å². The Morgan fingerprint density at radius 2 is 0.868 bits per heavy atom. The van der Waals surface area contributed by atoms with Crippen molar-refractivity contribution < 1.29 is 0 Å². The normalized spacial score (nSPS) is 13.1. The second-order valence-corrected chi connectivity index (χ2v) is 19.0. The van der Waals surface area contributed by atoms with Gasteiger partial charge in [0.1, 0.15) is 0 Å². The van der Waals surface area contributed by atoms with Gasteiger partial charge < -0.3 is 9.47 Å². The zero-order chi connectivity index (χ0) is 44.8. The fourth-order valence-electron chi connectivity index (χ4n) is 11.7. The molecule has 0 radical (unpaired) electrons. The predicted molar refractivity (Wildman–Crippen MR) is 285 cm³/mol. The van der Waals surface area contributed by atoms with Gasteiger partial charge in [-0.05, 0) is 104 Å². The molecule has 2 nitrogen and oxygen atoms in total. The number of hydrogen-bond acceptors (Lipinski definition) is 2. The van der Waals surface area contributed by atoms with Gasteiger partial charge in [0.2, 0.25) is 0 Å². The SMILES string of the molecule is c1ccc(-c2cccc(-c3ccccc3)c2-n2c3ccccc3c3cc(N(c4ccccc4)c4ccc5c6c(cccc46)C4(c6ccccc6Sc6ccccc64)c4ccccc4-5)ccc32)cc1. The van der Waals surface area contributed by atoms with Crippen molar-refractivity contribution in [3.63, 3.8) is 0 Å². The smallest absolute Gasteiger partial charge is 0.0735 e. The van der Waals surface area contributed by atoms with Crippen LogP contribution in [0.3, 0.4) is 0 Å². The summed E-state index contributed by atoms with van der Waals surface area (Å²) >= 11 is 1.89. The second-order valence-electron chi connectivity index (χ2n) is 17.9. The lowest BCUT2D eigenvalue weighted by Gasteiger charge is -2.46. The predicted octanol–water partition coefficient (Wildman–Crippen LogP) is 17.6. The van der Waals surface area contributed by atoms with E-state index in [0.717, 1.165) is 22.6 Å². The highest BCUT2D eigenvalue weighted by molar-refractivity contribution is 7.99. The van der Waals surface area contributed by atoms with Crippen LogP contribution in [-0.4, -0.2) is 4.57 Å². The van der Waals surface area contributed by atoms with E-state index in [4.69, 9.17) is 0 Å². The summed E-state index contributed by atoms with van der Waals surface area (Å²) in [7, 11) is 0. The first-order chi connectivity index (χ1) is 33.8. The highest BCUT2D eigenvalue weighted by Crippen LogP contribution is 2.62. The lowest BCUT2D eigenvalue weighted by atomic mass is 9.59. The molecule has 1 aliphatic carbocycles. The molecule has 0 atom stereocenters. The Kier molecular flexibility index (Phi) is 8.77. The molecule has 1 aromatic heterocycles. The van der Waals surface area contributed by atoms with E-state index < -0.39 is 5.41 Å². The molecule has 11 aromatic carbocycles. The Hall–Kier alpha value is -8.37. The van der Waals surface area contributed by atoms with E-state index in [0.29, 0.717) is 0 Å². The summed E-state index contributed by atoms with van der Waals surface area (Å²) in [6.07, 6.45) is 0. The molecular weight excluding hydrogens is 841 g/mol. The molecule has 0 saturated carbocycles. The number of benzene rings is 11. The molecule has 3 heteroatoms. The zero-order valence-corrected chi connectivity index (χ0v) is 37.9. The van der Waals surface area contributed by atoms with Crippen molar-refractivity contribution in [3.8, 4) is 39.1 Å². The Morgan fingerprint density at radius 3 is 1.57 bits per heavy atom. The van der Waals surface area contributed by atoms with Gasteiger partial charge in [0, 0.05) is 48.5 Å². The summed E-state index contributed by atoms with van der Waals surface area (Å²) in [5.41, 5.74) is 19.0. The first kappa shape index (κ1) is 38.9. The number of aromatic nitrogens is 1. The minimum atomic E-state index is -0.507. The molecule has 0 fully saturated rings. The van der Waals surface area contributed by atoms with Crippen molar-refractivity contribution in [1.82, 2.24) is 4.57 Å². The molecule has 1 spiro atoms. The highest BCUT2D eigenvalue weighted by atomic mass is 32.2. The van der Waals surface area contributed by atoms with Gasteiger partial charge >= 0.3 is 0 Å². The van der Waals surface area contributed by atoms with E-state index in [1.54, 1.807) is 0 Å². The quantitative estimate of drug-likeness (QED) is 0.164. The van der Waals surface area contributed by atoms with Gasteiger partial charge in [-0.2, -0.15) is 0 Å². The van der Waals surface area contributed by atoms with Crippen molar-refractivity contribution in [2.45, 2.75) is 15.2 Å². The number of fused-ring (bicyclic) bond motifs is 11. The van der Waals surface area contributed by atoms with Gasteiger partial charge in [0.05, 0.1) is 27.8 Å². The third-order valence-electron chi connectivity index (χ3n) is 14.4. The summed E-state index contributed by atoms with van der Waals surface area (Å²) in [4.78, 5) is 5.09. The zero-order valence-electron chi connectivity index (χ0n) is 37.1. The van der Waals surface area contributed by atoms with Crippen LogP contribution in [0.4, 0.5) is 17.1 Å². The summed E-state index contributed by atoms with van der Waals surface area (Å²) in [6, 6.07) is 94.4. The average Bonchev–Trinajstić information content (AvgIpc) is 3.74. The van der Waals surface area contributed by atoms with E-state index in [9.17, 15) is 0 Å². The lowest BCUT2D eigenvalue weighted by Crippen LogP contribution is -2.36. The van der Waals surface area contributed by atoms with Gasteiger partial charge in [-0.25, -0.2) is 0 Å². The number of anilines is 3. The molecule has 0 N–H and O–H groups in total. The van der Waals surface area contributed by atoms with Crippen LogP contribution in [0.1, 0.15) is 22.3 Å². The maximum atomic E-state index is 2.50. The van der Waals surface area contributed by atoms with Crippen molar-refractivity contribution in [2.75, 3.05) is 4.90 Å². The van der Waals surface area contributed by atoms with E-state index >= 15 is 0 Å². The van der Waals surface area contributed by atoms with Gasteiger partial charge in [-0.1, -0.05) is 212 Å². The molecule has 0 unspecified atom stereocenters. The Bertz CT molecular complexity index is 3840. The molecule has 0 bridgehead atoms. The molecule has 2 aliphatic rings. The van der Waals surface area contributed by atoms with Crippen LogP contribution in [0.2, 0.25) is 0 Å². The fraction of sp³-hybridized carbons (Fsp3) is 0.0154. The van der Waals surface area contributed by atoms with E-state index in [1.165, 1.54) is 98.2 Å². The fourth-order valence-corrected chi connectivity index (χ4v) is 12.9. The minimum absolute atomic E-state index is 0.507. The summed E-state index contributed by atoms with van der Waals surface area (Å²) in [6.45, 7) is 0. The highest BCUT2D eigenvalue weighted by Gasteiger charge is 2.48. The first-order valence-corrected chi connectivity index (χ1v) is 24.2. The molecule has 0 saturated heterocycles. The molecule has 318 valence electrons. The van der Waals surface area contributed by atoms with Gasteiger partial charge in [0.25, 0.3) is 0 Å². The van der Waals surface area contributed by atoms with Crippen LogP contribution in [0.25, 0.3) is 71.6 Å². The average molecular weight is 883 g/mol. The van der Waals surface area contributed by atoms with Crippen molar-refractivity contribution in [1.29, 1.82) is 0 Å². The van der Waals surface area contributed by atoms with Gasteiger partial charge in [-0.3, -0.25) is 0 Å². The number of para-hydroxylation sites is 3. The molecule has 1 aliphatic heterocycles. The van der Waals surface area contributed by atoms with E-state index in [2.05, 4.69) is 264 Å². The van der Waals surface area contributed by atoms with Crippen molar-refractivity contribution in [2.24, 2.45) is 0 Å². The third-order valence-corrected chi connectivity index (χ3v) is 15.6. The molecular formula is C65H42N2S. The third kappa shape index (κ3) is 5.60. The Morgan fingerprint density at radius 1 is 0.338 bits per heavy atom. The lowest BCUT2D eigenvalue weighted by molar-refractivity contribution is 0.707. The first-order valence-electron chi connectivity index (χ1n) is 23.4. The van der Waals surface area contributed by atoms with Crippen LogP contribution in [0.15, 0.2) is 265 Å². The van der Waals surface area contributed by atoms with Crippen LogP contribution < -0.4 is 4.90 Å². The van der Waals surface area contributed by atoms with E-state index in [1.807, 2.05) is 11.8 Å². The van der Waals surface area contributed by atoms with Crippen LogP contribution >= 0.6 is 11.8 Å². The maximum absolute atomic E-state index is 2.50. The van der Waals surface area contributed by atoms with Crippen molar-refractivity contribution >= 4 is 61.4 Å². The molecule has 14 rings (SSSR count). The minimum Gasteiger partial charge on any atom is -0.310 e. The second kappa shape index (κ2) is 15.4. The number of nitrogens with zero attached hydrogens (tertiary/aromatic N) is 2. The summed E-state index contributed by atoms with van der Waals surface area (Å²) in [5.74, 6) is 0. The van der Waals surface area contributed by atoms with Gasteiger partial charge in [-0.15, -0.1) is 0 Å². The summed E-state index contributed by atoms with van der Waals surface area (Å²) < 4.78 is 2.50. The molecule has 2 heterocycles. The Labute approximate surface area is 400 Å². The Balaban J connectivity index is 1.04.